The molecule has 1 fully saturated rings. The van der Waals surface area contributed by atoms with E-state index < -0.39 is 11.9 Å². The Morgan fingerprint density at radius 2 is 2.07 bits per heavy atom. The van der Waals surface area contributed by atoms with Gasteiger partial charge in [0.2, 0.25) is 0 Å². The average molecular weight is 212 g/mol. The van der Waals surface area contributed by atoms with Gasteiger partial charge in [-0.1, -0.05) is 19.9 Å². The normalized spacial score (nSPS) is 27.7. The van der Waals surface area contributed by atoms with Crippen LogP contribution in [0.1, 0.15) is 20.8 Å². The molecule has 4 heteroatoms. The lowest BCUT2D eigenvalue weighted by molar-refractivity contribution is -0.140. The van der Waals surface area contributed by atoms with Crippen molar-refractivity contribution in [2.75, 3.05) is 6.61 Å². The SMILES string of the molecule is CCOC(=O)C=CC1C(C(=O)O)C1(C)C. The number of rotatable bonds is 4. The monoisotopic (exact) mass is 212 g/mol. The second kappa shape index (κ2) is 4.04. The van der Waals surface area contributed by atoms with E-state index >= 15 is 0 Å². The first-order chi connectivity index (χ1) is 6.91. The van der Waals surface area contributed by atoms with Crippen LogP contribution >= 0.6 is 0 Å². The highest BCUT2D eigenvalue weighted by Crippen LogP contribution is 2.58. The lowest BCUT2D eigenvalue weighted by Gasteiger charge is -1.97. The Morgan fingerprint density at radius 1 is 1.47 bits per heavy atom. The van der Waals surface area contributed by atoms with Crippen LogP contribution in [0.5, 0.6) is 0 Å². The van der Waals surface area contributed by atoms with E-state index in [9.17, 15) is 9.59 Å². The minimum atomic E-state index is -0.807. The van der Waals surface area contributed by atoms with Gasteiger partial charge in [0.15, 0.2) is 0 Å². The zero-order chi connectivity index (χ0) is 11.6. The maximum atomic E-state index is 11.0. The zero-order valence-electron chi connectivity index (χ0n) is 9.19. The van der Waals surface area contributed by atoms with E-state index in [2.05, 4.69) is 0 Å². The average Bonchev–Trinajstić information content (AvgIpc) is 2.65. The van der Waals surface area contributed by atoms with Gasteiger partial charge in [-0.05, 0) is 18.3 Å². The largest absolute Gasteiger partial charge is 0.481 e. The van der Waals surface area contributed by atoms with E-state index in [1.807, 2.05) is 13.8 Å². The fraction of sp³-hybridized carbons (Fsp3) is 0.636. The Morgan fingerprint density at radius 3 is 2.47 bits per heavy atom. The lowest BCUT2D eigenvalue weighted by atomic mass is 10.1. The summed E-state index contributed by atoms with van der Waals surface area (Å²) in [7, 11) is 0. The van der Waals surface area contributed by atoms with Crippen LogP contribution in [0.4, 0.5) is 0 Å². The minimum absolute atomic E-state index is 0.0700. The summed E-state index contributed by atoms with van der Waals surface area (Å²) in [6.45, 7) is 5.82. The molecule has 0 aromatic heterocycles. The third-order valence-corrected chi connectivity index (χ3v) is 2.90. The zero-order valence-corrected chi connectivity index (χ0v) is 9.19. The Hall–Kier alpha value is -1.32. The standard InChI is InChI=1S/C11H16O4/c1-4-15-8(12)6-5-7-9(10(13)14)11(7,2)3/h5-7,9H,4H2,1-3H3,(H,13,14). The molecule has 1 N–H and O–H groups in total. The molecule has 15 heavy (non-hydrogen) atoms. The number of carboxylic acids is 1. The van der Waals surface area contributed by atoms with Crippen LogP contribution in [-0.2, 0) is 14.3 Å². The first-order valence-electron chi connectivity index (χ1n) is 4.99. The van der Waals surface area contributed by atoms with E-state index in [1.54, 1.807) is 13.0 Å². The number of carboxylic acid groups (broad SMARTS) is 1. The summed E-state index contributed by atoms with van der Waals surface area (Å²) in [6.07, 6.45) is 2.95. The van der Waals surface area contributed by atoms with E-state index in [4.69, 9.17) is 9.84 Å². The van der Waals surface area contributed by atoms with Gasteiger partial charge in [0, 0.05) is 6.08 Å². The second-order valence-corrected chi connectivity index (χ2v) is 4.27. The summed E-state index contributed by atoms with van der Waals surface area (Å²) in [5.41, 5.74) is -0.255. The number of allylic oxidation sites excluding steroid dienone is 1. The molecule has 0 aromatic carbocycles. The van der Waals surface area contributed by atoms with Crippen molar-refractivity contribution in [2.45, 2.75) is 20.8 Å². The van der Waals surface area contributed by atoms with Gasteiger partial charge in [-0.25, -0.2) is 4.79 Å². The fourth-order valence-corrected chi connectivity index (χ4v) is 1.88. The Kier molecular flexibility index (Phi) is 3.17. The number of hydrogen-bond donors (Lipinski definition) is 1. The molecule has 2 atom stereocenters. The highest BCUT2D eigenvalue weighted by atomic mass is 16.5. The topological polar surface area (TPSA) is 63.6 Å². The molecule has 2 unspecified atom stereocenters. The quantitative estimate of drug-likeness (QED) is 0.566. The van der Waals surface area contributed by atoms with Gasteiger partial charge in [-0.15, -0.1) is 0 Å². The lowest BCUT2D eigenvalue weighted by Crippen LogP contribution is -2.03. The highest BCUT2D eigenvalue weighted by molar-refractivity contribution is 5.83. The molecule has 0 amide bonds. The molecular weight excluding hydrogens is 196 g/mol. The Balaban J connectivity index is 2.55. The molecule has 1 aliphatic rings. The van der Waals surface area contributed by atoms with Crippen molar-refractivity contribution in [1.82, 2.24) is 0 Å². The molecule has 0 heterocycles. The molecule has 0 aromatic rings. The van der Waals surface area contributed by atoms with E-state index in [0.717, 1.165) is 0 Å². The van der Waals surface area contributed by atoms with Crippen LogP contribution in [0.3, 0.4) is 0 Å². The summed E-state index contributed by atoms with van der Waals surface area (Å²) < 4.78 is 4.71. The molecule has 0 spiro atoms. The summed E-state index contributed by atoms with van der Waals surface area (Å²) in [5.74, 6) is -1.68. The van der Waals surface area contributed by atoms with Crippen molar-refractivity contribution in [3.05, 3.63) is 12.2 Å². The first kappa shape index (κ1) is 11.8. The van der Waals surface area contributed by atoms with Gasteiger partial charge in [-0.3, -0.25) is 4.79 Å². The molecule has 0 aliphatic heterocycles. The number of carbonyl (C=O) groups excluding carboxylic acids is 1. The molecule has 0 radical (unpaired) electrons. The molecule has 1 aliphatic carbocycles. The minimum Gasteiger partial charge on any atom is -0.481 e. The number of hydrogen-bond acceptors (Lipinski definition) is 3. The molecule has 0 saturated heterocycles. The van der Waals surface area contributed by atoms with Crippen LogP contribution in [0.25, 0.3) is 0 Å². The number of carbonyl (C=O) groups is 2. The predicted octanol–water partition coefficient (Wildman–Crippen LogP) is 1.46. The van der Waals surface area contributed by atoms with E-state index in [0.29, 0.717) is 6.61 Å². The van der Waals surface area contributed by atoms with Gasteiger partial charge in [0.25, 0.3) is 0 Å². The van der Waals surface area contributed by atoms with Gasteiger partial charge in [0.05, 0.1) is 12.5 Å². The smallest absolute Gasteiger partial charge is 0.330 e. The van der Waals surface area contributed by atoms with Crippen molar-refractivity contribution < 1.29 is 19.4 Å². The summed E-state index contributed by atoms with van der Waals surface area (Å²) in [4.78, 5) is 21.8. The van der Waals surface area contributed by atoms with E-state index in [-0.39, 0.29) is 17.3 Å². The van der Waals surface area contributed by atoms with Crippen molar-refractivity contribution in [1.29, 1.82) is 0 Å². The molecule has 1 saturated carbocycles. The third kappa shape index (κ3) is 2.37. The molecule has 1 rings (SSSR count). The summed E-state index contributed by atoms with van der Waals surface area (Å²) in [5, 5.41) is 8.88. The second-order valence-electron chi connectivity index (χ2n) is 4.27. The van der Waals surface area contributed by atoms with Crippen LogP contribution in [-0.4, -0.2) is 23.7 Å². The Labute approximate surface area is 88.9 Å². The number of aliphatic carboxylic acids is 1. The van der Waals surface area contributed by atoms with Crippen LogP contribution in [0.15, 0.2) is 12.2 Å². The highest BCUT2D eigenvalue weighted by Gasteiger charge is 2.60. The van der Waals surface area contributed by atoms with Gasteiger partial charge < -0.3 is 9.84 Å². The van der Waals surface area contributed by atoms with Crippen molar-refractivity contribution in [2.24, 2.45) is 17.3 Å². The van der Waals surface area contributed by atoms with Crippen molar-refractivity contribution in [3.8, 4) is 0 Å². The third-order valence-electron chi connectivity index (χ3n) is 2.90. The first-order valence-corrected chi connectivity index (χ1v) is 4.99. The maximum absolute atomic E-state index is 11.0. The van der Waals surface area contributed by atoms with Crippen LogP contribution < -0.4 is 0 Å². The molecular formula is C11H16O4. The molecule has 4 nitrogen and oxygen atoms in total. The molecule has 84 valence electrons. The summed E-state index contributed by atoms with van der Waals surface area (Å²) in [6, 6.07) is 0. The van der Waals surface area contributed by atoms with Crippen molar-refractivity contribution >= 4 is 11.9 Å². The summed E-state index contributed by atoms with van der Waals surface area (Å²) >= 11 is 0. The van der Waals surface area contributed by atoms with Crippen LogP contribution in [0, 0.1) is 17.3 Å². The number of ether oxygens (including phenoxy) is 1. The van der Waals surface area contributed by atoms with Gasteiger partial charge >= 0.3 is 11.9 Å². The van der Waals surface area contributed by atoms with Crippen molar-refractivity contribution in [3.63, 3.8) is 0 Å². The fourth-order valence-electron chi connectivity index (χ4n) is 1.88. The Bertz CT molecular complexity index is 304. The molecule has 0 bridgehead atoms. The number of esters is 1. The van der Waals surface area contributed by atoms with Crippen LogP contribution in [0.2, 0.25) is 0 Å². The van der Waals surface area contributed by atoms with E-state index in [1.165, 1.54) is 6.08 Å². The van der Waals surface area contributed by atoms with Gasteiger partial charge in [0.1, 0.15) is 0 Å². The van der Waals surface area contributed by atoms with Gasteiger partial charge in [-0.2, -0.15) is 0 Å². The predicted molar refractivity (Wildman–Crippen MR) is 54.2 cm³/mol. The maximum Gasteiger partial charge on any atom is 0.330 e.